The van der Waals surface area contributed by atoms with Crippen LogP contribution >= 0.6 is 12.4 Å². The molecule has 1 saturated carbocycles. The van der Waals surface area contributed by atoms with Crippen molar-refractivity contribution in [3.8, 4) is 0 Å². The van der Waals surface area contributed by atoms with E-state index in [4.69, 9.17) is 0 Å². The first kappa shape index (κ1) is 10.3. The van der Waals surface area contributed by atoms with Crippen LogP contribution < -0.4 is 5.32 Å². The first-order valence-corrected chi connectivity index (χ1v) is 4.62. The molecule has 2 rings (SSSR count). The van der Waals surface area contributed by atoms with E-state index in [2.05, 4.69) is 10.3 Å². The molecule has 1 aliphatic rings. The highest BCUT2D eigenvalue weighted by atomic mass is 35.5. The first-order valence-electron chi connectivity index (χ1n) is 4.62. The Bertz CT molecular complexity index is 232. The summed E-state index contributed by atoms with van der Waals surface area (Å²) in [6.07, 6.45) is 9.06. The van der Waals surface area contributed by atoms with Gasteiger partial charge in [-0.05, 0) is 25.0 Å². The van der Waals surface area contributed by atoms with Gasteiger partial charge >= 0.3 is 0 Å². The fraction of sp³-hybridized carbons (Fsp3) is 0.500. The van der Waals surface area contributed by atoms with Crippen LogP contribution in [0.25, 0.3) is 0 Å². The maximum atomic E-state index is 3.98. The lowest BCUT2D eigenvalue weighted by atomic mass is 10.2. The summed E-state index contributed by atoms with van der Waals surface area (Å²) in [5.74, 6) is 0. The fourth-order valence-electron chi connectivity index (χ4n) is 1.75. The van der Waals surface area contributed by atoms with Crippen molar-refractivity contribution in [2.45, 2.75) is 31.7 Å². The quantitative estimate of drug-likeness (QED) is 0.791. The van der Waals surface area contributed by atoms with Crippen molar-refractivity contribution >= 4 is 18.1 Å². The number of nitrogens with zero attached hydrogens (tertiary/aromatic N) is 1. The van der Waals surface area contributed by atoms with E-state index in [0.717, 1.165) is 0 Å². The van der Waals surface area contributed by atoms with E-state index in [9.17, 15) is 0 Å². The van der Waals surface area contributed by atoms with E-state index in [1.165, 1.54) is 31.4 Å². The zero-order valence-electron chi connectivity index (χ0n) is 7.57. The van der Waals surface area contributed by atoms with Gasteiger partial charge in [-0.25, -0.2) is 0 Å². The summed E-state index contributed by atoms with van der Waals surface area (Å²) in [4.78, 5) is 3.98. The lowest BCUT2D eigenvalue weighted by Gasteiger charge is -2.12. The van der Waals surface area contributed by atoms with Crippen LogP contribution in [-0.4, -0.2) is 11.0 Å². The lowest BCUT2D eigenvalue weighted by molar-refractivity contribution is 0.755. The van der Waals surface area contributed by atoms with Crippen LogP contribution in [-0.2, 0) is 0 Å². The van der Waals surface area contributed by atoms with E-state index in [1.807, 2.05) is 24.5 Å². The van der Waals surface area contributed by atoms with Gasteiger partial charge in [0.1, 0.15) is 0 Å². The molecule has 2 nitrogen and oxygen atoms in total. The summed E-state index contributed by atoms with van der Waals surface area (Å²) in [5.41, 5.74) is 1.21. The number of pyridine rings is 1. The van der Waals surface area contributed by atoms with Gasteiger partial charge in [-0.1, -0.05) is 12.8 Å². The number of hydrogen-bond acceptors (Lipinski definition) is 2. The monoisotopic (exact) mass is 198 g/mol. The molecular formula is C10H15ClN2. The molecule has 1 aromatic heterocycles. The van der Waals surface area contributed by atoms with Crippen LogP contribution in [0.15, 0.2) is 24.5 Å². The minimum atomic E-state index is 0. The van der Waals surface area contributed by atoms with Crippen molar-refractivity contribution in [3.63, 3.8) is 0 Å². The first-order chi connectivity index (χ1) is 5.95. The molecule has 1 heterocycles. The van der Waals surface area contributed by atoms with Crippen molar-refractivity contribution in [2.24, 2.45) is 0 Å². The Morgan fingerprint density at radius 2 is 1.77 bits per heavy atom. The van der Waals surface area contributed by atoms with Gasteiger partial charge in [0.15, 0.2) is 0 Å². The molecule has 1 fully saturated rings. The maximum absolute atomic E-state index is 3.98. The molecule has 0 bridgehead atoms. The number of nitrogens with one attached hydrogen (secondary N) is 1. The van der Waals surface area contributed by atoms with Gasteiger partial charge in [-0.15, -0.1) is 12.4 Å². The van der Waals surface area contributed by atoms with Gasteiger partial charge in [-0.2, -0.15) is 0 Å². The molecule has 0 aliphatic heterocycles. The second kappa shape index (κ2) is 5.07. The molecule has 0 amide bonds. The summed E-state index contributed by atoms with van der Waals surface area (Å²) in [6.45, 7) is 0. The molecule has 72 valence electrons. The zero-order chi connectivity index (χ0) is 8.23. The Kier molecular flexibility index (Phi) is 4.03. The molecular weight excluding hydrogens is 184 g/mol. The Morgan fingerprint density at radius 1 is 1.15 bits per heavy atom. The Morgan fingerprint density at radius 3 is 2.38 bits per heavy atom. The second-order valence-electron chi connectivity index (χ2n) is 3.36. The minimum Gasteiger partial charge on any atom is -0.382 e. The SMILES string of the molecule is Cl.c1cc(NC2CCCC2)ccn1. The lowest BCUT2D eigenvalue weighted by Crippen LogP contribution is -2.14. The predicted molar refractivity (Wildman–Crippen MR) is 57.4 cm³/mol. The van der Waals surface area contributed by atoms with Crippen molar-refractivity contribution in [2.75, 3.05) is 5.32 Å². The highest BCUT2D eigenvalue weighted by molar-refractivity contribution is 5.85. The van der Waals surface area contributed by atoms with E-state index in [-0.39, 0.29) is 12.4 Å². The largest absolute Gasteiger partial charge is 0.382 e. The third-order valence-corrected chi connectivity index (χ3v) is 2.41. The van der Waals surface area contributed by atoms with E-state index < -0.39 is 0 Å². The molecule has 0 atom stereocenters. The highest BCUT2D eigenvalue weighted by Crippen LogP contribution is 2.21. The summed E-state index contributed by atoms with van der Waals surface area (Å²) >= 11 is 0. The second-order valence-corrected chi connectivity index (χ2v) is 3.36. The van der Waals surface area contributed by atoms with Gasteiger partial charge in [0, 0.05) is 24.1 Å². The summed E-state index contributed by atoms with van der Waals surface area (Å²) in [6, 6.07) is 4.75. The maximum Gasteiger partial charge on any atom is 0.0373 e. The van der Waals surface area contributed by atoms with Gasteiger partial charge in [0.25, 0.3) is 0 Å². The Hall–Kier alpha value is -0.760. The molecule has 1 aromatic rings. The Labute approximate surface area is 85.2 Å². The van der Waals surface area contributed by atoms with E-state index in [1.54, 1.807) is 0 Å². The van der Waals surface area contributed by atoms with Crippen molar-refractivity contribution < 1.29 is 0 Å². The predicted octanol–water partition coefficient (Wildman–Crippen LogP) is 2.86. The van der Waals surface area contributed by atoms with Gasteiger partial charge in [-0.3, -0.25) is 4.98 Å². The van der Waals surface area contributed by atoms with Gasteiger partial charge in [0.05, 0.1) is 0 Å². The standard InChI is InChI=1S/C10H14N2.ClH/c1-2-4-9(3-1)12-10-5-7-11-8-6-10;/h5-9H,1-4H2,(H,11,12);1H. The average Bonchev–Trinajstić information content (AvgIpc) is 2.59. The third kappa shape index (κ3) is 2.88. The zero-order valence-corrected chi connectivity index (χ0v) is 8.39. The van der Waals surface area contributed by atoms with Crippen LogP contribution in [0.1, 0.15) is 25.7 Å². The minimum absolute atomic E-state index is 0. The molecule has 3 heteroatoms. The van der Waals surface area contributed by atoms with Crippen LogP contribution in [0.5, 0.6) is 0 Å². The number of rotatable bonds is 2. The number of aromatic nitrogens is 1. The van der Waals surface area contributed by atoms with E-state index >= 15 is 0 Å². The smallest absolute Gasteiger partial charge is 0.0373 e. The van der Waals surface area contributed by atoms with Crippen LogP contribution in [0, 0.1) is 0 Å². The van der Waals surface area contributed by atoms with Crippen LogP contribution in [0.2, 0.25) is 0 Å². The number of anilines is 1. The van der Waals surface area contributed by atoms with Gasteiger partial charge < -0.3 is 5.32 Å². The van der Waals surface area contributed by atoms with Crippen molar-refractivity contribution in [3.05, 3.63) is 24.5 Å². The van der Waals surface area contributed by atoms with E-state index in [0.29, 0.717) is 6.04 Å². The van der Waals surface area contributed by atoms with Crippen LogP contribution in [0.3, 0.4) is 0 Å². The summed E-state index contributed by atoms with van der Waals surface area (Å²) in [5, 5.41) is 3.50. The molecule has 1 aliphatic carbocycles. The fourth-order valence-corrected chi connectivity index (χ4v) is 1.75. The third-order valence-electron chi connectivity index (χ3n) is 2.41. The molecule has 0 saturated heterocycles. The van der Waals surface area contributed by atoms with Gasteiger partial charge in [0.2, 0.25) is 0 Å². The highest BCUT2D eigenvalue weighted by Gasteiger charge is 2.13. The molecule has 0 unspecified atom stereocenters. The molecule has 1 N–H and O–H groups in total. The van der Waals surface area contributed by atoms with Crippen molar-refractivity contribution in [1.29, 1.82) is 0 Å². The normalized spacial score (nSPS) is 16.6. The summed E-state index contributed by atoms with van der Waals surface area (Å²) in [7, 11) is 0. The van der Waals surface area contributed by atoms with Crippen LogP contribution in [0.4, 0.5) is 5.69 Å². The Balaban J connectivity index is 0.000000845. The average molecular weight is 199 g/mol. The molecule has 0 radical (unpaired) electrons. The number of hydrogen-bond donors (Lipinski definition) is 1. The number of halogens is 1. The topological polar surface area (TPSA) is 24.9 Å². The molecule has 0 aromatic carbocycles. The van der Waals surface area contributed by atoms with Crippen molar-refractivity contribution in [1.82, 2.24) is 4.98 Å². The summed E-state index contributed by atoms with van der Waals surface area (Å²) < 4.78 is 0. The molecule has 13 heavy (non-hydrogen) atoms. The molecule has 0 spiro atoms.